The van der Waals surface area contributed by atoms with E-state index >= 15 is 0 Å². The topological polar surface area (TPSA) is 63.6 Å². The van der Waals surface area contributed by atoms with E-state index < -0.39 is 7.15 Å². The molecule has 0 radical (unpaired) electrons. The molecular formula is C30H37FO4. The van der Waals surface area contributed by atoms with E-state index in [0.29, 0.717) is 29.8 Å². The number of hydrogen-bond donors (Lipinski definition) is 1. The first kappa shape index (κ1) is 27.8. The van der Waals surface area contributed by atoms with Crippen molar-refractivity contribution in [1.82, 2.24) is 0 Å². The van der Waals surface area contributed by atoms with Crippen LogP contribution in [0.5, 0.6) is 11.5 Å². The second kappa shape index (κ2) is 13.4. The number of aldehydes is 2. The molecule has 3 rings (SSSR count). The van der Waals surface area contributed by atoms with Crippen molar-refractivity contribution in [2.24, 2.45) is 0 Å². The van der Waals surface area contributed by atoms with Gasteiger partial charge in [0.15, 0.2) is 12.6 Å². The Morgan fingerprint density at radius 2 is 1.31 bits per heavy atom. The molecule has 188 valence electrons. The Morgan fingerprint density at radius 1 is 0.829 bits per heavy atom. The molecule has 1 N–H and O–H groups in total. The largest absolute Gasteiger partial charge is 0.507 e. The van der Waals surface area contributed by atoms with E-state index in [-0.39, 0.29) is 16.6 Å². The number of benzene rings is 3. The summed E-state index contributed by atoms with van der Waals surface area (Å²) in [4.78, 5) is 21.8. The van der Waals surface area contributed by atoms with Crippen LogP contribution in [0.2, 0.25) is 0 Å². The van der Waals surface area contributed by atoms with Crippen molar-refractivity contribution in [2.45, 2.75) is 59.0 Å². The number of carbonyl (C=O) groups is 2. The molecule has 0 aromatic heterocycles. The van der Waals surface area contributed by atoms with Gasteiger partial charge in [-0.25, -0.2) is 0 Å². The number of phenols is 1. The van der Waals surface area contributed by atoms with Gasteiger partial charge in [0.2, 0.25) is 0 Å². The first-order valence-electron chi connectivity index (χ1n) is 12.0. The van der Waals surface area contributed by atoms with Gasteiger partial charge in [0, 0.05) is 0 Å². The minimum atomic E-state index is -1.00. The highest BCUT2D eigenvalue weighted by Gasteiger charge is 2.16. The second-order valence-electron chi connectivity index (χ2n) is 10.0. The predicted molar refractivity (Wildman–Crippen MR) is 141 cm³/mol. The van der Waals surface area contributed by atoms with Crippen LogP contribution < -0.4 is 4.74 Å². The van der Waals surface area contributed by atoms with Crippen molar-refractivity contribution in [1.29, 1.82) is 0 Å². The number of ether oxygens (including phenoxy) is 1. The van der Waals surface area contributed by atoms with Crippen LogP contribution in [-0.4, -0.2) is 24.8 Å². The van der Waals surface area contributed by atoms with Gasteiger partial charge in [-0.15, -0.1) is 0 Å². The van der Waals surface area contributed by atoms with Crippen LogP contribution in [0.4, 0.5) is 4.39 Å². The first-order valence-corrected chi connectivity index (χ1v) is 11.3. The highest BCUT2D eigenvalue weighted by atomic mass is 19.1. The summed E-state index contributed by atoms with van der Waals surface area (Å²) >= 11 is 0. The van der Waals surface area contributed by atoms with Gasteiger partial charge in [0.05, 0.1) is 19.7 Å². The number of rotatable bonds is 5. The first-order chi connectivity index (χ1) is 16.9. The van der Waals surface area contributed by atoms with Crippen LogP contribution in [-0.2, 0) is 17.4 Å². The monoisotopic (exact) mass is 481 g/mol. The summed E-state index contributed by atoms with van der Waals surface area (Å²) in [7, 11) is -1.00. The van der Waals surface area contributed by atoms with Crippen LogP contribution in [0.1, 0.15) is 80.3 Å². The molecule has 0 spiro atoms. The summed E-state index contributed by atoms with van der Waals surface area (Å²) in [6, 6.07) is 20.9. The number of hydrogen-bond acceptors (Lipinski definition) is 4. The van der Waals surface area contributed by atoms with Gasteiger partial charge in [-0.1, -0.05) is 84.0 Å². The maximum atomic E-state index is 11.2. The Hall–Kier alpha value is -3.47. The van der Waals surface area contributed by atoms with Crippen molar-refractivity contribution in [3.8, 4) is 11.5 Å². The Kier molecular flexibility index (Phi) is 10.7. The van der Waals surface area contributed by atoms with Crippen LogP contribution in [0.3, 0.4) is 0 Å². The third-order valence-electron chi connectivity index (χ3n) is 5.26. The second-order valence-corrected chi connectivity index (χ2v) is 10.0. The Balaban J connectivity index is 0.000000349. The van der Waals surface area contributed by atoms with Crippen LogP contribution >= 0.6 is 0 Å². The fourth-order valence-electron chi connectivity index (χ4n) is 3.09. The van der Waals surface area contributed by atoms with Gasteiger partial charge in [-0.05, 0) is 51.8 Å². The van der Waals surface area contributed by atoms with E-state index in [4.69, 9.17) is 6.11 Å². The molecule has 0 aliphatic heterocycles. The quantitative estimate of drug-likeness (QED) is 0.384. The molecule has 0 unspecified atom stereocenters. The molecule has 4 nitrogen and oxygen atoms in total. The highest BCUT2D eigenvalue weighted by molar-refractivity contribution is 5.80. The summed E-state index contributed by atoms with van der Waals surface area (Å²) in [6.07, 6.45) is 1.53. The van der Waals surface area contributed by atoms with Crippen molar-refractivity contribution in [2.75, 3.05) is 7.15 Å². The summed E-state index contributed by atoms with van der Waals surface area (Å²) in [6.45, 7) is 13.0. The molecule has 0 amide bonds. The summed E-state index contributed by atoms with van der Waals surface area (Å²) in [5.41, 5.74) is 4.25. The minimum Gasteiger partial charge on any atom is -0.507 e. The molecule has 0 fully saturated rings. The molecule has 0 heterocycles. The number of aromatic hydroxyl groups is 1. The molecule has 0 saturated carbocycles. The molecule has 3 aromatic rings. The fraction of sp³-hybridized carbons (Fsp3) is 0.333. The molecule has 3 aromatic carbocycles. The molecule has 5 heteroatoms. The Labute approximate surface area is 210 Å². The molecule has 0 aliphatic rings. The van der Waals surface area contributed by atoms with E-state index in [1.54, 1.807) is 12.1 Å². The molecular weight excluding hydrogens is 443 g/mol. The van der Waals surface area contributed by atoms with Crippen LogP contribution in [0.15, 0.2) is 66.7 Å². The van der Waals surface area contributed by atoms with E-state index in [1.165, 1.54) is 0 Å². The molecule has 0 bridgehead atoms. The van der Waals surface area contributed by atoms with E-state index in [0.717, 1.165) is 23.0 Å². The Bertz CT molecular complexity index is 1100. The van der Waals surface area contributed by atoms with Gasteiger partial charge in [0.1, 0.15) is 18.1 Å². The third-order valence-corrected chi connectivity index (χ3v) is 5.26. The van der Waals surface area contributed by atoms with Gasteiger partial charge < -0.3 is 9.84 Å². The average Bonchev–Trinajstić information content (AvgIpc) is 2.83. The Morgan fingerprint density at radius 3 is 1.80 bits per heavy atom. The average molecular weight is 482 g/mol. The van der Waals surface area contributed by atoms with E-state index in [2.05, 4.69) is 41.5 Å². The maximum Gasteiger partial charge on any atom is 0.153 e. The number of halogens is 1. The van der Waals surface area contributed by atoms with Crippen LogP contribution in [0, 0.1) is 0 Å². The SMILES string of the molecule is CC(C)(C)c1ccc(O)c(C=O)c1.CC(C)(C)c1ccc(OCc2ccccc2)c(C=O)c1.[2H]CF. The molecule has 0 atom stereocenters. The zero-order chi connectivity index (χ0) is 27.4. The molecule has 0 saturated heterocycles. The van der Waals surface area contributed by atoms with Gasteiger partial charge in [-0.2, -0.15) is 0 Å². The number of phenolic OH excluding ortho intramolecular Hbond substituents is 1. The van der Waals surface area contributed by atoms with Crippen molar-refractivity contribution < 1.29 is 25.2 Å². The van der Waals surface area contributed by atoms with Gasteiger partial charge in [-0.3, -0.25) is 14.0 Å². The number of alkyl halides is 1. The smallest absolute Gasteiger partial charge is 0.153 e. The maximum absolute atomic E-state index is 11.2. The summed E-state index contributed by atoms with van der Waals surface area (Å²) in [5.74, 6) is 0.680. The zero-order valence-corrected chi connectivity index (χ0v) is 21.5. The van der Waals surface area contributed by atoms with Gasteiger partial charge >= 0.3 is 0 Å². The van der Waals surface area contributed by atoms with E-state index in [9.17, 15) is 19.1 Å². The third kappa shape index (κ3) is 9.36. The predicted octanol–water partition coefficient (Wildman–Crippen LogP) is 7.46. The minimum absolute atomic E-state index is 0.00542. The number of carbonyl (C=O) groups excluding carboxylic acids is 2. The zero-order valence-electron chi connectivity index (χ0n) is 22.5. The lowest BCUT2D eigenvalue weighted by Crippen LogP contribution is -2.11. The van der Waals surface area contributed by atoms with Crippen molar-refractivity contribution in [3.63, 3.8) is 0 Å². The molecule has 35 heavy (non-hydrogen) atoms. The van der Waals surface area contributed by atoms with Crippen LogP contribution in [0.25, 0.3) is 0 Å². The van der Waals surface area contributed by atoms with Crippen molar-refractivity contribution >= 4 is 12.6 Å². The normalized spacial score (nSPS) is 11.1. The van der Waals surface area contributed by atoms with Crippen molar-refractivity contribution in [3.05, 3.63) is 94.5 Å². The standard InChI is InChI=1S/C18H20O2.C11H14O2.CH3F/c1-18(2,3)16-9-10-17(15(11-16)12-19)20-13-14-7-5-4-6-8-14;1-11(2,3)9-4-5-10(13)8(6-9)7-12;1-2/h4-12H,13H2,1-3H3;4-7,13H,1-3H3;1H3/i;;1D. The summed E-state index contributed by atoms with van der Waals surface area (Å²) in [5, 5.41) is 9.27. The van der Waals surface area contributed by atoms with Gasteiger partial charge in [0.25, 0.3) is 0 Å². The summed E-state index contributed by atoms with van der Waals surface area (Å²) < 4.78 is 21.3. The lowest BCUT2D eigenvalue weighted by molar-refractivity contribution is 0.111. The fourth-order valence-corrected chi connectivity index (χ4v) is 3.09. The molecule has 0 aliphatic carbocycles. The lowest BCUT2D eigenvalue weighted by Gasteiger charge is -2.20. The highest BCUT2D eigenvalue weighted by Crippen LogP contribution is 2.28. The lowest BCUT2D eigenvalue weighted by atomic mass is 9.86. The van der Waals surface area contributed by atoms with E-state index in [1.807, 2.05) is 54.6 Å².